The summed E-state index contributed by atoms with van der Waals surface area (Å²) in [6, 6.07) is 3.45. The Balaban J connectivity index is 2.52. The topological polar surface area (TPSA) is 38.7 Å². The van der Waals surface area contributed by atoms with Gasteiger partial charge in [0.1, 0.15) is 0 Å². The van der Waals surface area contributed by atoms with E-state index in [1.165, 1.54) is 25.7 Å². The maximum absolute atomic E-state index is 9.11. The van der Waals surface area contributed by atoms with Crippen LogP contribution < -0.4 is 9.47 Å². The minimum Gasteiger partial charge on any atom is -0.493 e. The number of ether oxygens (including phenoxy) is 2. The zero-order chi connectivity index (χ0) is 14.1. The molecule has 1 aromatic rings. The third-order valence-corrected chi connectivity index (χ3v) is 3.25. The minimum atomic E-state index is -0.0621. The zero-order valence-corrected chi connectivity index (χ0v) is 12.5. The van der Waals surface area contributed by atoms with Crippen molar-refractivity contribution in [2.75, 3.05) is 13.7 Å². The van der Waals surface area contributed by atoms with Gasteiger partial charge in [-0.3, -0.25) is 0 Å². The van der Waals surface area contributed by atoms with Crippen molar-refractivity contribution >= 4 is 11.6 Å². The highest BCUT2D eigenvalue weighted by Crippen LogP contribution is 2.36. The van der Waals surface area contributed by atoms with Crippen LogP contribution in [-0.2, 0) is 6.61 Å². The SMILES string of the molecule is CCCCCCCOc1c(Cl)cc(CO)cc1OC. The maximum atomic E-state index is 9.11. The minimum absolute atomic E-state index is 0.0621. The van der Waals surface area contributed by atoms with Crippen LogP contribution >= 0.6 is 11.6 Å². The summed E-state index contributed by atoms with van der Waals surface area (Å²) >= 11 is 6.14. The van der Waals surface area contributed by atoms with Crippen LogP contribution in [-0.4, -0.2) is 18.8 Å². The Labute approximate surface area is 120 Å². The fourth-order valence-electron chi connectivity index (χ4n) is 1.88. The van der Waals surface area contributed by atoms with Gasteiger partial charge in [-0.2, -0.15) is 0 Å². The monoisotopic (exact) mass is 286 g/mol. The van der Waals surface area contributed by atoms with E-state index in [1.54, 1.807) is 19.2 Å². The molecule has 0 unspecified atom stereocenters. The molecule has 0 atom stereocenters. The Kier molecular flexibility index (Phi) is 7.68. The second-order valence-electron chi connectivity index (χ2n) is 4.53. The molecule has 0 fully saturated rings. The molecule has 1 N–H and O–H groups in total. The van der Waals surface area contributed by atoms with Gasteiger partial charge >= 0.3 is 0 Å². The van der Waals surface area contributed by atoms with Crippen LogP contribution in [0.5, 0.6) is 11.5 Å². The molecule has 0 bridgehead atoms. The van der Waals surface area contributed by atoms with Gasteiger partial charge in [0.2, 0.25) is 0 Å². The van der Waals surface area contributed by atoms with E-state index >= 15 is 0 Å². The van der Waals surface area contributed by atoms with E-state index in [9.17, 15) is 0 Å². The van der Waals surface area contributed by atoms with Crippen molar-refractivity contribution in [2.45, 2.75) is 45.6 Å². The van der Waals surface area contributed by atoms with E-state index in [0.29, 0.717) is 23.1 Å². The van der Waals surface area contributed by atoms with Crippen molar-refractivity contribution in [2.24, 2.45) is 0 Å². The number of benzene rings is 1. The van der Waals surface area contributed by atoms with Gasteiger partial charge in [0, 0.05) is 0 Å². The van der Waals surface area contributed by atoms with Crippen molar-refractivity contribution in [3.8, 4) is 11.5 Å². The lowest BCUT2D eigenvalue weighted by Gasteiger charge is -2.13. The highest BCUT2D eigenvalue weighted by molar-refractivity contribution is 6.32. The number of halogens is 1. The van der Waals surface area contributed by atoms with E-state index in [4.69, 9.17) is 26.2 Å². The van der Waals surface area contributed by atoms with Crippen LogP contribution in [0, 0.1) is 0 Å². The molecule has 4 heteroatoms. The van der Waals surface area contributed by atoms with Crippen molar-refractivity contribution in [1.29, 1.82) is 0 Å². The number of rotatable bonds is 9. The predicted octanol–water partition coefficient (Wildman–Crippen LogP) is 4.19. The van der Waals surface area contributed by atoms with Crippen molar-refractivity contribution in [3.05, 3.63) is 22.7 Å². The van der Waals surface area contributed by atoms with Crippen molar-refractivity contribution < 1.29 is 14.6 Å². The van der Waals surface area contributed by atoms with Gasteiger partial charge in [0.25, 0.3) is 0 Å². The highest BCUT2D eigenvalue weighted by Gasteiger charge is 2.11. The molecule has 0 amide bonds. The summed E-state index contributed by atoms with van der Waals surface area (Å²) in [6.45, 7) is 2.77. The van der Waals surface area contributed by atoms with E-state index in [1.807, 2.05) is 0 Å². The number of hydrogen-bond donors (Lipinski definition) is 1. The Hall–Kier alpha value is -0.930. The van der Waals surface area contributed by atoms with Crippen LogP contribution in [0.4, 0.5) is 0 Å². The van der Waals surface area contributed by atoms with Gasteiger partial charge in [-0.15, -0.1) is 0 Å². The molecule has 3 nitrogen and oxygen atoms in total. The average molecular weight is 287 g/mol. The fourth-order valence-corrected chi connectivity index (χ4v) is 2.17. The zero-order valence-electron chi connectivity index (χ0n) is 11.7. The largest absolute Gasteiger partial charge is 0.493 e. The lowest BCUT2D eigenvalue weighted by molar-refractivity contribution is 0.274. The number of aliphatic hydroxyl groups is 1. The fraction of sp³-hybridized carbons (Fsp3) is 0.600. The molecule has 1 rings (SSSR count). The summed E-state index contributed by atoms with van der Waals surface area (Å²) in [4.78, 5) is 0. The normalized spacial score (nSPS) is 10.5. The molecular weight excluding hydrogens is 264 g/mol. The molecule has 0 aromatic heterocycles. The summed E-state index contributed by atoms with van der Waals surface area (Å²) in [5.41, 5.74) is 0.720. The molecule has 0 radical (unpaired) electrons. The first-order valence-electron chi connectivity index (χ1n) is 6.83. The smallest absolute Gasteiger partial charge is 0.179 e. The van der Waals surface area contributed by atoms with E-state index in [2.05, 4.69) is 6.92 Å². The van der Waals surface area contributed by atoms with E-state index in [0.717, 1.165) is 12.0 Å². The van der Waals surface area contributed by atoms with Gasteiger partial charge in [-0.05, 0) is 24.1 Å². The van der Waals surface area contributed by atoms with Crippen LogP contribution in [0.2, 0.25) is 5.02 Å². The quantitative estimate of drug-likeness (QED) is 0.692. The molecule has 0 aliphatic heterocycles. The van der Waals surface area contributed by atoms with Gasteiger partial charge in [-0.1, -0.05) is 44.2 Å². The molecule has 0 spiro atoms. The third kappa shape index (κ3) is 5.29. The van der Waals surface area contributed by atoms with Crippen molar-refractivity contribution in [3.63, 3.8) is 0 Å². The van der Waals surface area contributed by atoms with Crippen LogP contribution in [0.3, 0.4) is 0 Å². The Morgan fingerprint density at radius 1 is 1.16 bits per heavy atom. The molecule has 108 valence electrons. The van der Waals surface area contributed by atoms with E-state index < -0.39 is 0 Å². The van der Waals surface area contributed by atoms with Gasteiger partial charge in [0.15, 0.2) is 11.5 Å². The summed E-state index contributed by atoms with van der Waals surface area (Å²) in [5.74, 6) is 1.14. The first-order valence-corrected chi connectivity index (χ1v) is 7.20. The number of hydrogen-bond acceptors (Lipinski definition) is 3. The molecular formula is C15H23ClO3. The molecule has 19 heavy (non-hydrogen) atoms. The summed E-state index contributed by atoms with van der Waals surface area (Å²) in [5, 5.41) is 9.60. The Morgan fingerprint density at radius 2 is 1.89 bits per heavy atom. The Morgan fingerprint density at radius 3 is 2.53 bits per heavy atom. The third-order valence-electron chi connectivity index (χ3n) is 2.97. The van der Waals surface area contributed by atoms with Crippen molar-refractivity contribution in [1.82, 2.24) is 0 Å². The lowest BCUT2D eigenvalue weighted by Crippen LogP contribution is -2.01. The second-order valence-corrected chi connectivity index (χ2v) is 4.94. The first-order chi connectivity index (χ1) is 9.22. The molecule has 0 saturated heterocycles. The number of methoxy groups -OCH3 is 1. The maximum Gasteiger partial charge on any atom is 0.179 e. The predicted molar refractivity (Wildman–Crippen MR) is 78.2 cm³/mol. The number of aliphatic hydroxyl groups excluding tert-OH is 1. The summed E-state index contributed by atoms with van der Waals surface area (Å²) < 4.78 is 10.9. The van der Waals surface area contributed by atoms with Crippen LogP contribution in [0.1, 0.15) is 44.6 Å². The Bertz CT molecular complexity index is 380. The summed E-state index contributed by atoms with van der Waals surface area (Å²) in [7, 11) is 1.57. The van der Waals surface area contributed by atoms with Crippen LogP contribution in [0.15, 0.2) is 12.1 Å². The standard InChI is InChI=1S/C15H23ClO3/c1-3-4-5-6-7-8-19-15-13(16)9-12(11-17)10-14(15)18-2/h9-10,17H,3-8,11H2,1-2H3. The average Bonchev–Trinajstić information content (AvgIpc) is 2.43. The summed E-state index contributed by atoms with van der Waals surface area (Å²) in [6.07, 6.45) is 5.94. The molecule has 1 aromatic carbocycles. The van der Waals surface area contributed by atoms with Gasteiger partial charge in [-0.25, -0.2) is 0 Å². The molecule has 0 aliphatic carbocycles. The lowest BCUT2D eigenvalue weighted by atomic mass is 10.2. The second kappa shape index (κ2) is 9.05. The van der Waals surface area contributed by atoms with E-state index in [-0.39, 0.29) is 6.61 Å². The first kappa shape index (κ1) is 16.1. The highest BCUT2D eigenvalue weighted by atomic mass is 35.5. The molecule has 0 heterocycles. The van der Waals surface area contributed by atoms with Gasteiger partial charge in [0.05, 0.1) is 25.3 Å². The molecule has 0 aliphatic rings. The molecule has 0 saturated carbocycles. The van der Waals surface area contributed by atoms with Gasteiger partial charge < -0.3 is 14.6 Å². The number of unbranched alkanes of at least 4 members (excludes halogenated alkanes) is 4. The van der Waals surface area contributed by atoms with Crippen LogP contribution in [0.25, 0.3) is 0 Å².